The molecule has 2 aliphatic heterocycles. The molecule has 0 amide bonds. The van der Waals surface area contributed by atoms with Crippen LogP contribution in [0.25, 0.3) is 0 Å². The molecule has 0 aromatic heterocycles. The SMILES string of the molecule is CC1CSC2(CCCCCS1)SCC(C)S2. The van der Waals surface area contributed by atoms with E-state index in [1.807, 2.05) is 0 Å². The Morgan fingerprint density at radius 1 is 0.938 bits per heavy atom. The van der Waals surface area contributed by atoms with Crippen LogP contribution in [0.15, 0.2) is 0 Å². The Bertz CT molecular complexity index is 221. The van der Waals surface area contributed by atoms with Gasteiger partial charge in [0.05, 0.1) is 0 Å². The third-order valence-electron chi connectivity index (χ3n) is 2.99. The van der Waals surface area contributed by atoms with Crippen molar-refractivity contribution in [1.29, 1.82) is 0 Å². The van der Waals surface area contributed by atoms with E-state index >= 15 is 0 Å². The van der Waals surface area contributed by atoms with Gasteiger partial charge in [0.1, 0.15) is 3.41 Å². The molecule has 3 atom stereocenters. The molecule has 2 fully saturated rings. The number of hydrogen-bond donors (Lipinski definition) is 0. The Kier molecular flexibility index (Phi) is 5.64. The number of thioether (sulfide) groups is 4. The molecule has 1 spiro atoms. The largest absolute Gasteiger partial charge is 0.158 e. The van der Waals surface area contributed by atoms with E-state index in [1.165, 1.54) is 42.9 Å². The fraction of sp³-hybridized carbons (Fsp3) is 1.00. The molecule has 4 heteroatoms. The van der Waals surface area contributed by atoms with Crippen molar-refractivity contribution in [2.45, 2.75) is 53.4 Å². The van der Waals surface area contributed by atoms with Gasteiger partial charge in [-0.3, -0.25) is 0 Å². The van der Waals surface area contributed by atoms with E-state index in [0.29, 0.717) is 3.41 Å². The predicted molar refractivity (Wildman–Crippen MR) is 85.1 cm³/mol. The Labute approximate surface area is 117 Å². The Balaban J connectivity index is 1.93. The monoisotopic (exact) mass is 294 g/mol. The van der Waals surface area contributed by atoms with Gasteiger partial charge >= 0.3 is 0 Å². The van der Waals surface area contributed by atoms with E-state index in [2.05, 4.69) is 60.9 Å². The van der Waals surface area contributed by atoms with Crippen LogP contribution in [0.4, 0.5) is 0 Å². The van der Waals surface area contributed by atoms with Crippen molar-refractivity contribution in [1.82, 2.24) is 0 Å². The molecule has 2 heterocycles. The zero-order valence-corrected chi connectivity index (χ0v) is 13.5. The first-order valence-electron chi connectivity index (χ1n) is 6.27. The maximum Gasteiger partial charge on any atom is 0.107 e. The maximum atomic E-state index is 2.40. The third-order valence-corrected chi connectivity index (χ3v) is 10.4. The van der Waals surface area contributed by atoms with Crippen LogP contribution < -0.4 is 0 Å². The minimum atomic E-state index is 0.519. The maximum absolute atomic E-state index is 2.40. The van der Waals surface area contributed by atoms with Crippen molar-refractivity contribution >= 4 is 47.0 Å². The molecule has 0 aromatic rings. The number of rotatable bonds is 0. The highest BCUT2D eigenvalue weighted by Crippen LogP contribution is 2.58. The molecule has 94 valence electrons. The van der Waals surface area contributed by atoms with Gasteiger partial charge < -0.3 is 0 Å². The zero-order valence-electron chi connectivity index (χ0n) is 10.2. The molecule has 0 radical (unpaired) electrons. The van der Waals surface area contributed by atoms with Crippen molar-refractivity contribution in [3.63, 3.8) is 0 Å². The van der Waals surface area contributed by atoms with Gasteiger partial charge in [-0.25, -0.2) is 0 Å². The molecule has 2 rings (SSSR count). The highest BCUT2D eigenvalue weighted by Gasteiger charge is 2.39. The van der Waals surface area contributed by atoms with Gasteiger partial charge in [0.25, 0.3) is 0 Å². The standard InChI is InChI=1S/C12H22S4/c1-10-8-14-12(15-9-11(2)16-12)6-4-3-5-7-13-10/h10-11H,3-9H2,1-2H3. The summed E-state index contributed by atoms with van der Waals surface area (Å²) in [5.41, 5.74) is 0. The molecule has 0 aliphatic carbocycles. The molecule has 0 nitrogen and oxygen atoms in total. The molecule has 0 saturated carbocycles. The highest BCUT2D eigenvalue weighted by atomic mass is 32.3. The first-order valence-corrected chi connectivity index (χ1v) is 10.2. The quantitative estimate of drug-likeness (QED) is 0.620. The summed E-state index contributed by atoms with van der Waals surface area (Å²) in [6.07, 6.45) is 5.74. The van der Waals surface area contributed by atoms with Crippen molar-refractivity contribution in [2.75, 3.05) is 17.3 Å². The topological polar surface area (TPSA) is 0 Å². The summed E-state index contributed by atoms with van der Waals surface area (Å²) in [7, 11) is 0. The molecule has 16 heavy (non-hydrogen) atoms. The second kappa shape index (κ2) is 6.53. The number of hydrogen-bond acceptors (Lipinski definition) is 4. The van der Waals surface area contributed by atoms with E-state index in [4.69, 9.17) is 0 Å². The van der Waals surface area contributed by atoms with Crippen LogP contribution in [0.3, 0.4) is 0 Å². The minimum absolute atomic E-state index is 0.519. The first-order chi connectivity index (χ1) is 7.70. The fourth-order valence-electron chi connectivity index (χ4n) is 2.10. The zero-order chi connectivity index (χ0) is 11.4. The van der Waals surface area contributed by atoms with E-state index in [1.54, 1.807) is 0 Å². The van der Waals surface area contributed by atoms with Crippen molar-refractivity contribution < 1.29 is 0 Å². The van der Waals surface area contributed by atoms with Crippen LogP contribution in [0.1, 0.15) is 39.5 Å². The van der Waals surface area contributed by atoms with Gasteiger partial charge in [-0.1, -0.05) is 26.7 Å². The molecule has 0 N–H and O–H groups in total. The lowest BCUT2D eigenvalue weighted by molar-refractivity contribution is 0.688. The van der Waals surface area contributed by atoms with Crippen molar-refractivity contribution in [3.05, 3.63) is 0 Å². The van der Waals surface area contributed by atoms with E-state index in [-0.39, 0.29) is 0 Å². The third kappa shape index (κ3) is 3.96. The molecule has 2 aliphatic rings. The summed E-state index contributed by atoms with van der Waals surface area (Å²) in [6, 6.07) is 0. The average molecular weight is 295 g/mol. The van der Waals surface area contributed by atoms with Gasteiger partial charge in [0.2, 0.25) is 0 Å². The molecular formula is C12H22S4. The summed E-state index contributed by atoms with van der Waals surface area (Å²) in [4.78, 5) is 0. The Morgan fingerprint density at radius 3 is 2.44 bits per heavy atom. The molecule has 0 bridgehead atoms. The fourth-order valence-corrected chi connectivity index (χ4v) is 9.04. The molecular weight excluding hydrogens is 272 g/mol. The second-order valence-electron chi connectivity index (χ2n) is 4.73. The van der Waals surface area contributed by atoms with Crippen molar-refractivity contribution in [2.24, 2.45) is 0 Å². The predicted octanol–water partition coefficient (Wildman–Crippen LogP) is 4.94. The normalized spacial score (nSPS) is 42.4. The van der Waals surface area contributed by atoms with E-state index < -0.39 is 0 Å². The van der Waals surface area contributed by atoms with Gasteiger partial charge in [-0.2, -0.15) is 11.8 Å². The average Bonchev–Trinajstić information content (AvgIpc) is 2.63. The second-order valence-corrected chi connectivity index (χ2v) is 11.4. The van der Waals surface area contributed by atoms with Crippen LogP contribution in [0.2, 0.25) is 0 Å². The Hall–Kier alpha value is 1.40. The summed E-state index contributed by atoms with van der Waals surface area (Å²) < 4.78 is 0.519. The summed E-state index contributed by atoms with van der Waals surface area (Å²) in [5.74, 6) is 4.09. The molecule has 3 unspecified atom stereocenters. The Morgan fingerprint density at radius 2 is 1.69 bits per heavy atom. The van der Waals surface area contributed by atoms with Crippen molar-refractivity contribution in [3.8, 4) is 0 Å². The van der Waals surface area contributed by atoms with Crippen LogP contribution in [-0.4, -0.2) is 31.2 Å². The smallest absolute Gasteiger partial charge is 0.107 e. The van der Waals surface area contributed by atoms with Gasteiger partial charge in [-0.05, 0) is 18.6 Å². The lowest BCUT2D eigenvalue weighted by atomic mass is 10.2. The lowest BCUT2D eigenvalue weighted by Gasteiger charge is -2.29. The van der Waals surface area contributed by atoms with Crippen LogP contribution >= 0.6 is 47.0 Å². The van der Waals surface area contributed by atoms with Crippen LogP contribution in [-0.2, 0) is 0 Å². The van der Waals surface area contributed by atoms with E-state index in [9.17, 15) is 0 Å². The molecule has 0 aromatic carbocycles. The first kappa shape index (κ1) is 13.8. The molecule has 2 saturated heterocycles. The summed E-state index contributed by atoms with van der Waals surface area (Å²) >= 11 is 8.90. The van der Waals surface area contributed by atoms with Crippen LogP contribution in [0, 0.1) is 0 Å². The minimum Gasteiger partial charge on any atom is -0.158 e. The highest BCUT2D eigenvalue weighted by molar-refractivity contribution is 8.36. The van der Waals surface area contributed by atoms with E-state index in [0.717, 1.165) is 10.5 Å². The summed E-state index contributed by atoms with van der Waals surface area (Å²) in [6.45, 7) is 4.80. The van der Waals surface area contributed by atoms with Gasteiger partial charge in [0, 0.05) is 22.0 Å². The lowest BCUT2D eigenvalue weighted by Crippen LogP contribution is -2.17. The van der Waals surface area contributed by atoms with Gasteiger partial charge in [0.15, 0.2) is 0 Å². The summed E-state index contributed by atoms with van der Waals surface area (Å²) in [5, 5.41) is 1.71. The van der Waals surface area contributed by atoms with Crippen LogP contribution in [0.5, 0.6) is 0 Å². The van der Waals surface area contributed by atoms with Gasteiger partial charge in [-0.15, -0.1) is 35.3 Å².